The normalized spacial score (nSPS) is 13.2. The van der Waals surface area contributed by atoms with Crippen molar-refractivity contribution in [1.29, 1.82) is 0 Å². The molecule has 0 aliphatic carbocycles. The van der Waals surface area contributed by atoms with Gasteiger partial charge >= 0.3 is 12.0 Å². The van der Waals surface area contributed by atoms with E-state index < -0.39 is 0 Å². The predicted octanol–water partition coefficient (Wildman–Crippen LogP) is 1.71. The molecule has 0 radical (unpaired) electrons. The van der Waals surface area contributed by atoms with Crippen LogP contribution in [0.1, 0.15) is 24.6 Å². The van der Waals surface area contributed by atoms with E-state index in [1.807, 2.05) is 36.4 Å². The Balaban J connectivity index is 1.51. The van der Waals surface area contributed by atoms with Crippen molar-refractivity contribution in [2.75, 3.05) is 19.7 Å². The molecular weight excluding hydrogens is 386 g/mol. The van der Waals surface area contributed by atoms with E-state index in [1.54, 1.807) is 11.8 Å². The minimum Gasteiger partial charge on any atom is -0.466 e. The summed E-state index contributed by atoms with van der Waals surface area (Å²) >= 11 is 0. The van der Waals surface area contributed by atoms with Crippen LogP contribution in [-0.4, -0.2) is 51.2 Å². The third-order valence-electron chi connectivity index (χ3n) is 5.05. The number of amides is 2. The van der Waals surface area contributed by atoms with Gasteiger partial charge in [-0.25, -0.2) is 14.3 Å². The summed E-state index contributed by atoms with van der Waals surface area (Å²) in [6, 6.07) is 11.2. The molecule has 2 N–H and O–H groups in total. The molecule has 4 rings (SSSR count). The number of H-pyrrole nitrogens is 1. The fraction of sp³-hybridized carbons (Fsp3) is 0.333. The molecule has 0 fully saturated rings. The summed E-state index contributed by atoms with van der Waals surface area (Å²) in [4.78, 5) is 43.0. The first-order valence-corrected chi connectivity index (χ1v) is 9.94. The summed E-state index contributed by atoms with van der Waals surface area (Å²) in [6.07, 6.45) is 0.547. The number of nitrogens with zero attached hydrogens (tertiary/aromatic N) is 3. The third-order valence-corrected chi connectivity index (χ3v) is 5.05. The Labute approximate surface area is 172 Å². The number of esters is 1. The van der Waals surface area contributed by atoms with Crippen molar-refractivity contribution in [3.05, 3.63) is 58.0 Å². The lowest BCUT2D eigenvalue weighted by atomic mass is 10.1. The molecule has 9 nitrogen and oxygen atoms in total. The summed E-state index contributed by atoms with van der Waals surface area (Å²) in [5.41, 5.74) is 3.36. The number of carbonyl (C=O) groups is 2. The number of benzene rings is 1. The van der Waals surface area contributed by atoms with Crippen molar-refractivity contribution in [2.45, 2.75) is 26.3 Å². The van der Waals surface area contributed by atoms with Gasteiger partial charge in [0.15, 0.2) is 5.65 Å². The predicted molar refractivity (Wildman–Crippen MR) is 110 cm³/mol. The molecule has 0 unspecified atom stereocenters. The topological polar surface area (TPSA) is 109 Å². The zero-order valence-corrected chi connectivity index (χ0v) is 16.7. The highest BCUT2D eigenvalue weighted by Gasteiger charge is 2.25. The molecule has 0 saturated carbocycles. The van der Waals surface area contributed by atoms with E-state index >= 15 is 0 Å². The molecule has 1 aliphatic heterocycles. The van der Waals surface area contributed by atoms with Gasteiger partial charge in [0.25, 0.3) is 5.56 Å². The highest BCUT2D eigenvalue weighted by molar-refractivity contribution is 5.76. The Bertz CT molecular complexity index is 1140. The molecule has 1 aromatic carbocycles. The van der Waals surface area contributed by atoms with Gasteiger partial charge in [0.1, 0.15) is 0 Å². The Morgan fingerprint density at radius 2 is 2.07 bits per heavy atom. The summed E-state index contributed by atoms with van der Waals surface area (Å²) in [5, 5.41) is 5.84. The Kier molecular flexibility index (Phi) is 5.51. The Hall–Kier alpha value is -3.62. The molecule has 3 aromatic rings. The molecular formula is C21H23N5O4. The monoisotopic (exact) mass is 409 g/mol. The van der Waals surface area contributed by atoms with Crippen molar-refractivity contribution < 1.29 is 14.3 Å². The van der Waals surface area contributed by atoms with Gasteiger partial charge in [0.05, 0.1) is 31.0 Å². The SMILES string of the molecule is CCOC(=O)CCNC(=O)N1CCc2c(nc3cc(-c4ccccc4)[nH]n3c2=O)C1. The second-order valence-electron chi connectivity index (χ2n) is 7.03. The lowest BCUT2D eigenvalue weighted by Gasteiger charge is -2.27. The van der Waals surface area contributed by atoms with Crippen LogP contribution in [0.15, 0.2) is 41.2 Å². The summed E-state index contributed by atoms with van der Waals surface area (Å²) in [7, 11) is 0. The van der Waals surface area contributed by atoms with Crippen molar-refractivity contribution in [3.8, 4) is 11.3 Å². The number of urea groups is 1. The van der Waals surface area contributed by atoms with Crippen LogP contribution in [0, 0.1) is 0 Å². The molecule has 0 atom stereocenters. The standard InChI is InChI=1S/C21H23N5O4/c1-2-30-19(27)8-10-22-21(29)25-11-9-15-17(13-25)23-18-12-16(24-26(18)20(15)28)14-6-4-3-5-7-14/h3-7,12,24H,2,8-11,13H2,1H3,(H,22,29). The fourth-order valence-corrected chi connectivity index (χ4v) is 3.55. The number of ether oxygens (including phenoxy) is 1. The average Bonchev–Trinajstić information content (AvgIpc) is 3.19. The van der Waals surface area contributed by atoms with Crippen molar-refractivity contribution in [3.63, 3.8) is 0 Å². The highest BCUT2D eigenvalue weighted by atomic mass is 16.5. The van der Waals surface area contributed by atoms with Crippen LogP contribution in [0.4, 0.5) is 4.79 Å². The van der Waals surface area contributed by atoms with E-state index in [4.69, 9.17) is 4.74 Å². The quantitative estimate of drug-likeness (QED) is 0.624. The van der Waals surface area contributed by atoms with Gasteiger partial charge < -0.3 is 15.0 Å². The van der Waals surface area contributed by atoms with Crippen LogP contribution in [0.2, 0.25) is 0 Å². The van der Waals surface area contributed by atoms with Gasteiger partial charge in [-0.15, -0.1) is 0 Å². The number of aromatic amines is 1. The van der Waals surface area contributed by atoms with E-state index in [2.05, 4.69) is 15.4 Å². The smallest absolute Gasteiger partial charge is 0.317 e. The molecule has 1 aliphatic rings. The maximum atomic E-state index is 12.9. The molecule has 0 spiro atoms. The van der Waals surface area contributed by atoms with Crippen LogP contribution in [0.25, 0.3) is 16.9 Å². The lowest BCUT2D eigenvalue weighted by molar-refractivity contribution is -0.142. The summed E-state index contributed by atoms with van der Waals surface area (Å²) < 4.78 is 6.30. The number of hydrogen-bond acceptors (Lipinski definition) is 5. The van der Waals surface area contributed by atoms with Crippen LogP contribution in [0.3, 0.4) is 0 Å². The minimum atomic E-state index is -0.347. The number of fused-ring (bicyclic) bond motifs is 2. The molecule has 156 valence electrons. The van der Waals surface area contributed by atoms with E-state index in [0.29, 0.717) is 36.5 Å². The molecule has 2 amide bonds. The van der Waals surface area contributed by atoms with Gasteiger partial charge in [0, 0.05) is 24.7 Å². The largest absolute Gasteiger partial charge is 0.466 e. The second-order valence-corrected chi connectivity index (χ2v) is 7.03. The second kappa shape index (κ2) is 8.40. The average molecular weight is 409 g/mol. The van der Waals surface area contributed by atoms with Gasteiger partial charge in [-0.1, -0.05) is 30.3 Å². The van der Waals surface area contributed by atoms with Crippen molar-refractivity contribution in [2.24, 2.45) is 0 Å². The zero-order valence-electron chi connectivity index (χ0n) is 16.7. The van der Waals surface area contributed by atoms with Crippen LogP contribution < -0.4 is 10.9 Å². The highest BCUT2D eigenvalue weighted by Crippen LogP contribution is 2.20. The van der Waals surface area contributed by atoms with Crippen LogP contribution >= 0.6 is 0 Å². The van der Waals surface area contributed by atoms with E-state index in [1.165, 1.54) is 4.52 Å². The number of hydrogen-bond donors (Lipinski definition) is 2. The molecule has 30 heavy (non-hydrogen) atoms. The van der Waals surface area contributed by atoms with Crippen LogP contribution in [0.5, 0.6) is 0 Å². The fourth-order valence-electron chi connectivity index (χ4n) is 3.55. The molecule has 9 heteroatoms. The van der Waals surface area contributed by atoms with Gasteiger partial charge in [-0.3, -0.25) is 14.7 Å². The summed E-state index contributed by atoms with van der Waals surface area (Å²) in [5.74, 6) is -0.347. The Morgan fingerprint density at radius 3 is 2.83 bits per heavy atom. The first kappa shape index (κ1) is 19.7. The maximum Gasteiger partial charge on any atom is 0.317 e. The number of carbonyl (C=O) groups excluding carboxylic acids is 2. The van der Waals surface area contributed by atoms with Crippen LogP contribution in [-0.2, 0) is 22.5 Å². The number of aromatic nitrogens is 3. The molecule has 2 aromatic heterocycles. The molecule has 3 heterocycles. The maximum absolute atomic E-state index is 12.9. The molecule has 0 saturated heterocycles. The van der Waals surface area contributed by atoms with E-state index in [-0.39, 0.29) is 37.1 Å². The molecule has 0 bridgehead atoms. The summed E-state index contributed by atoms with van der Waals surface area (Å²) in [6.45, 7) is 2.91. The lowest BCUT2D eigenvalue weighted by Crippen LogP contribution is -2.45. The number of rotatable bonds is 5. The zero-order chi connectivity index (χ0) is 21.1. The van der Waals surface area contributed by atoms with Gasteiger partial charge in [-0.05, 0) is 18.9 Å². The first-order chi connectivity index (χ1) is 14.6. The third kappa shape index (κ3) is 3.91. The van der Waals surface area contributed by atoms with E-state index in [9.17, 15) is 14.4 Å². The first-order valence-electron chi connectivity index (χ1n) is 9.94. The minimum absolute atomic E-state index is 0.121. The van der Waals surface area contributed by atoms with Crippen molar-refractivity contribution in [1.82, 2.24) is 24.8 Å². The van der Waals surface area contributed by atoms with Gasteiger partial charge in [-0.2, -0.15) is 0 Å². The van der Waals surface area contributed by atoms with Gasteiger partial charge in [0.2, 0.25) is 0 Å². The number of nitrogens with one attached hydrogen (secondary N) is 2. The van der Waals surface area contributed by atoms with E-state index in [0.717, 1.165) is 11.3 Å². The Morgan fingerprint density at radius 1 is 1.27 bits per heavy atom. The van der Waals surface area contributed by atoms with Crippen molar-refractivity contribution >= 4 is 17.6 Å².